The van der Waals surface area contributed by atoms with E-state index in [9.17, 15) is 0 Å². The maximum Gasteiger partial charge on any atom is 0.0234 e. The minimum atomic E-state index is 0.699. The van der Waals surface area contributed by atoms with Crippen molar-refractivity contribution in [2.24, 2.45) is 5.92 Å². The molecule has 20 heavy (non-hydrogen) atoms. The first-order chi connectivity index (χ1) is 9.86. The summed E-state index contributed by atoms with van der Waals surface area (Å²) in [6, 6.07) is 21.9. The smallest absolute Gasteiger partial charge is 0.0234 e. The molecule has 1 aliphatic heterocycles. The predicted octanol–water partition coefficient (Wildman–Crippen LogP) is 4.31. The van der Waals surface area contributed by atoms with Gasteiger partial charge in [0.05, 0.1) is 0 Å². The molecule has 1 aliphatic rings. The summed E-state index contributed by atoms with van der Waals surface area (Å²) in [5, 5.41) is 0. The van der Waals surface area contributed by atoms with Gasteiger partial charge in [0, 0.05) is 25.6 Å². The van der Waals surface area contributed by atoms with E-state index in [-0.39, 0.29) is 0 Å². The Kier molecular flexibility index (Phi) is 4.17. The van der Waals surface area contributed by atoms with Gasteiger partial charge in [-0.05, 0) is 17.0 Å². The first-order valence-electron chi connectivity index (χ1n) is 7.68. The van der Waals surface area contributed by atoms with Crippen LogP contribution in [0.25, 0.3) is 0 Å². The molecule has 0 saturated carbocycles. The number of likely N-dealkylation sites (tertiary alicyclic amines) is 1. The quantitative estimate of drug-likeness (QED) is 0.796. The molecule has 1 fully saturated rings. The highest BCUT2D eigenvalue weighted by atomic mass is 15.2. The summed E-state index contributed by atoms with van der Waals surface area (Å²) in [5.41, 5.74) is 2.94. The third-order valence-electron chi connectivity index (χ3n) is 4.52. The highest BCUT2D eigenvalue weighted by molar-refractivity contribution is 5.23. The number of hydrogen-bond donors (Lipinski definition) is 0. The fraction of sp³-hybridized carbons (Fsp3) is 0.368. The number of rotatable bonds is 4. The van der Waals surface area contributed by atoms with Gasteiger partial charge in [-0.15, -0.1) is 0 Å². The molecule has 1 unspecified atom stereocenters. The fourth-order valence-corrected chi connectivity index (χ4v) is 3.42. The van der Waals surface area contributed by atoms with Gasteiger partial charge in [-0.3, -0.25) is 4.90 Å². The third-order valence-corrected chi connectivity index (χ3v) is 4.52. The lowest BCUT2D eigenvalue weighted by Gasteiger charge is -2.17. The second kappa shape index (κ2) is 6.23. The van der Waals surface area contributed by atoms with Gasteiger partial charge in [-0.1, -0.05) is 74.0 Å². The zero-order chi connectivity index (χ0) is 13.8. The molecule has 1 saturated heterocycles. The first kappa shape index (κ1) is 13.4. The molecule has 2 aromatic rings. The highest BCUT2D eigenvalue weighted by Crippen LogP contribution is 2.35. The monoisotopic (exact) mass is 265 g/mol. The molecular weight excluding hydrogens is 242 g/mol. The average molecular weight is 265 g/mol. The Morgan fingerprint density at radius 2 is 1.55 bits per heavy atom. The Morgan fingerprint density at radius 1 is 0.900 bits per heavy atom. The molecule has 1 heteroatoms. The van der Waals surface area contributed by atoms with Gasteiger partial charge in [-0.2, -0.15) is 0 Å². The number of benzene rings is 2. The van der Waals surface area contributed by atoms with E-state index in [4.69, 9.17) is 0 Å². The lowest BCUT2D eigenvalue weighted by molar-refractivity contribution is 0.314. The van der Waals surface area contributed by atoms with Gasteiger partial charge < -0.3 is 0 Å². The molecule has 2 atom stereocenters. The largest absolute Gasteiger partial charge is 0.298 e. The van der Waals surface area contributed by atoms with E-state index in [1.165, 1.54) is 30.6 Å². The van der Waals surface area contributed by atoms with Crippen molar-refractivity contribution in [2.45, 2.75) is 25.8 Å². The van der Waals surface area contributed by atoms with Gasteiger partial charge in [-0.25, -0.2) is 0 Å². The van der Waals surface area contributed by atoms with Crippen molar-refractivity contribution in [1.29, 1.82) is 0 Å². The number of hydrogen-bond acceptors (Lipinski definition) is 1. The third kappa shape index (κ3) is 2.94. The summed E-state index contributed by atoms with van der Waals surface area (Å²) in [6.07, 6.45) is 1.27. The van der Waals surface area contributed by atoms with E-state index in [0.29, 0.717) is 5.92 Å². The van der Waals surface area contributed by atoms with E-state index in [2.05, 4.69) is 72.5 Å². The molecule has 3 rings (SSSR count). The summed E-state index contributed by atoms with van der Waals surface area (Å²) in [4.78, 5) is 2.61. The molecule has 0 radical (unpaired) electrons. The van der Waals surface area contributed by atoms with Crippen LogP contribution in [0.4, 0.5) is 0 Å². The van der Waals surface area contributed by atoms with Crippen LogP contribution in [0.5, 0.6) is 0 Å². The van der Waals surface area contributed by atoms with Gasteiger partial charge >= 0.3 is 0 Å². The van der Waals surface area contributed by atoms with Gasteiger partial charge in [0.1, 0.15) is 0 Å². The lowest BCUT2D eigenvalue weighted by Crippen LogP contribution is -2.20. The second-order valence-electron chi connectivity index (χ2n) is 5.87. The minimum Gasteiger partial charge on any atom is -0.298 e. The summed E-state index contributed by atoms with van der Waals surface area (Å²) < 4.78 is 0. The Bertz CT molecular complexity index is 520. The van der Waals surface area contributed by atoms with E-state index in [0.717, 1.165) is 12.5 Å². The van der Waals surface area contributed by atoms with Crippen molar-refractivity contribution in [3.05, 3.63) is 71.8 Å². The molecule has 0 amide bonds. The Morgan fingerprint density at radius 3 is 2.20 bits per heavy atom. The maximum absolute atomic E-state index is 2.61. The molecule has 1 heterocycles. The van der Waals surface area contributed by atoms with Crippen LogP contribution in [0.1, 0.15) is 30.4 Å². The van der Waals surface area contributed by atoms with Crippen LogP contribution in [0, 0.1) is 5.92 Å². The normalized spacial score (nSPS) is 23.1. The van der Waals surface area contributed by atoms with Crippen LogP contribution >= 0.6 is 0 Å². The molecule has 104 valence electrons. The van der Waals surface area contributed by atoms with Crippen molar-refractivity contribution in [2.75, 3.05) is 13.1 Å². The molecule has 0 spiro atoms. The lowest BCUT2D eigenvalue weighted by atomic mass is 9.87. The molecule has 0 aliphatic carbocycles. The van der Waals surface area contributed by atoms with Crippen molar-refractivity contribution >= 4 is 0 Å². The molecular formula is C19H23N. The Balaban J connectivity index is 1.71. The fourth-order valence-electron chi connectivity index (χ4n) is 3.42. The van der Waals surface area contributed by atoms with E-state index >= 15 is 0 Å². The van der Waals surface area contributed by atoms with Crippen molar-refractivity contribution in [1.82, 2.24) is 4.90 Å². The molecule has 2 aromatic carbocycles. The predicted molar refractivity (Wildman–Crippen MR) is 84.7 cm³/mol. The summed E-state index contributed by atoms with van der Waals surface area (Å²) >= 11 is 0. The summed E-state index contributed by atoms with van der Waals surface area (Å²) in [7, 11) is 0. The summed E-state index contributed by atoms with van der Waals surface area (Å²) in [6.45, 7) is 5.83. The zero-order valence-electron chi connectivity index (χ0n) is 12.2. The Hall–Kier alpha value is -1.60. The van der Waals surface area contributed by atoms with Gasteiger partial charge in [0.2, 0.25) is 0 Å². The topological polar surface area (TPSA) is 3.24 Å². The van der Waals surface area contributed by atoms with Crippen LogP contribution in [0.2, 0.25) is 0 Å². The zero-order valence-corrected chi connectivity index (χ0v) is 12.2. The summed E-state index contributed by atoms with van der Waals surface area (Å²) in [5.74, 6) is 1.49. The first-order valence-corrected chi connectivity index (χ1v) is 7.68. The molecule has 0 N–H and O–H groups in total. The highest BCUT2D eigenvalue weighted by Gasteiger charge is 2.32. The van der Waals surface area contributed by atoms with Crippen molar-refractivity contribution < 1.29 is 0 Å². The van der Waals surface area contributed by atoms with Crippen LogP contribution in [-0.2, 0) is 6.54 Å². The van der Waals surface area contributed by atoms with Crippen molar-refractivity contribution in [3.8, 4) is 0 Å². The molecule has 0 bridgehead atoms. The van der Waals surface area contributed by atoms with E-state index < -0.39 is 0 Å². The molecule has 1 nitrogen and oxygen atoms in total. The number of nitrogens with zero attached hydrogens (tertiary/aromatic N) is 1. The van der Waals surface area contributed by atoms with E-state index in [1.54, 1.807) is 0 Å². The van der Waals surface area contributed by atoms with Crippen LogP contribution in [0.3, 0.4) is 0 Å². The maximum atomic E-state index is 2.61. The van der Waals surface area contributed by atoms with Crippen LogP contribution in [-0.4, -0.2) is 18.0 Å². The van der Waals surface area contributed by atoms with Crippen LogP contribution in [0.15, 0.2) is 60.7 Å². The van der Waals surface area contributed by atoms with Gasteiger partial charge in [0.15, 0.2) is 0 Å². The Labute approximate surface area is 122 Å². The van der Waals surface area contributed by atoms with Crippen LogP contribution < -0.4 is 0 Å². The standard InChI is InChI=1S/C19H23N/c1-2-17-14-20(13-16-9-5-3-6-10-16)15-19(17)18-11-7-4-8-12-18/h3-12,17,19H,2,13-15H2,1H3/t17?,19-/m0/s1. The SMILES string of the molecule is CCC1CN(Cc2ccccc2)C[C@@H]1c1ccccc1. The van der Waals surface area contributed by atoms with Gasteiger partial charge in [0.25, 0.3) is 0 Å². The second-order valence-corrected chi connectivity index (χ2v) is 5.87. The van der Waals surface area contributed by atoms with E-state index in [1.807, 2.05) is 0 Å². The minimum absolute atomic E-state index is 0.699. The molecule has 0 aromatic heterocycles. The average Bonchev–Trinajstić information content (AvgIpc) is 2.92. The van der Waals surface area contributed by atoms with Crippen molar-refractivity contribution in [3.63, 3.8) is 0 Å².